The molecule has 0 radical (unpaired) electrons. The van der Waals surface area contributed by atoms with Gasteiger partial charge in [-0.05, 0) is 43.9 Å². The standard InChI is InChI=1S/C21H29N5O3S/c1-3-26-18(14-22-19(27)13-16-7-9-17(29-2)10-8-16)23-24-21(26)30-15-20(28)25-11-5-4-6-12-25/h7-10H,3-6,11-15H2,1-2H3,(H,22,27). The van der Waals surface area contributed by atoms with Crippen molar-refractivity contribution in [2.24, 2.45) is 0 Å². The number of piperidine rings is 1. The zero-order valence-corrected chi connectivity index (χ0v) is 18.4. The Morgan fingerprint density at radius 1 is 1.13 bits per heavy atom. The molecule has 1 saturated heterocycles. The summed E-state index contributed by atoms with van der Waals surface area (Å²) in [4.78, 5) is 26.6. The minimum absolute atomic E-state index is 0.0831. The molecule has 1 aromatic carbocycles. The number of nitrogens with zero attached hydrogens (tertiary/aromatic N) is 4. The van der Waals surface area contributed by atoms with Crippen molar-refractivity contribution in [3.05, 3.63) is 35.7 Å². The molecule has 162 valence electrons. The van der Waals surface area contributed by atoms with Crippen LogP contribution in [0.1, 0.15) is 37.6 Å². The summed E-state index contributed by atoms with van der Waals surface area (Å²) in [5.41, 5.74) is 0.915. The van der Waals surface area contributed by atoms with Gasteiger partial charge in [0.2, 0.25) is 11.8 Å². The van der Waals surface area contributed by atoms with E-state index in [1.165, 1.54) is 18.2 Å². The highest BCUT2D eigenvalue weighted by Crippen LogP contribution is 2.19. The van der Waals surface area contributed by atoms with Crippen molar-refractivity contribution in [3.63, 3.8) is 0 Å². The number of rotatable bonds is 9. The van der Waals surface area contributed by atoms with Crippen molar-refractivity contribution in [2.75, 3.05) is 26.0 Å². The average Bonchev–Trinajstić information content (AvgIpc) is 3.19. The SMILES string of the molecule is CCn1c(CNC(=O)Cc2ccc(OC)cc2)nnc1SCC(=O)N1CCCCC1. The van der Waals surface area contributed by atoms with E-state index in [1.54, 1.807) is 7.11 Å². The molecule has 0 unspecified atom stereocenters. The normalized spacial score (nSPS) is 13.9. The number of methoxy groups -OCH3 is 1. The summed E-state index contributed by atoms with van der Waals surface area (Å²) < 4.78 is 7.08. The monoisotopic (exact) mass is 431 g/mol. The molecule has 0 atom stereocenters. The molecule has 0 spiro atoms. The van der Waals surface area contributed by atoms with Gasteiger partial charge in [0.15, 0.2) is 11.0 Å². The van der Waals surface area contributed by atoms with Crippen LogP contribution in [0.5, 0.6) is 5.75 Å². The number of benzene rings is 1. The maximum atomic E-state index is 12.4. The van der Waals surface area contributed by atoms with Gasteiger partial charge in [-0.3, -0.25) is 9.59 Å². The van der Waals surface area contributed by atoms with Gasteiger partial charge >= 0.3 is 0 Å². The molecular weight excluding hydrogens is 402 g/mol. The molecule has 30 heavy (non-hydrogen) atoms. The van der Waals surface area contributed by atoms with E-state index in [1.807, 2.05) is 40.7 Å². The number of ether oxygens (including phenoxy) is 1. The molecule has 1 aliphatic heterocycles. The largest absolute Gasteiger partial charge is 0.497 e. The van der Waals surface area contributed by atoms with E-state index in [9.17, 15) is 9.59 Å². The lowest BCUT2D eigenvalue weighted by atomic mass is 10.1. The summed E-state index contributed by atoms with van der Waals surface area (Å²) >= 11 is 1.41. The first-order valence-electron chi connectivity index (χ1n) is 10.3. The van der Waals surface area contributed by atoms with Gasteiger partial charge in [-0.25, -0.2) is 0 Å². The van der Waals surface area contributed by atoms with Crippen LogP contribution < -0.4 is 10.1 Å². The van der Waals surface area contributed by atoms with Gasteiger partial charge in [0.1, 0.15) is 5.75 Å². The number of hydrogen-bond donors (Lipinski definition) is 1. The molecule has 1 aliphatic rings. The predicted molar refractivity (Wildman–Crippen MR) is 115 cm³/mol. The van der Waals surface area contributed by atoms with Crippen LogP contribution in [0, 0.1) is 0 Å². The zero-order valence-electron chi connectivity index (χ0n) is 17.6. The van der Waals surface area contributed by atoms with Gasteiger partial charge in [0.05, 0.1) is 25.8 Å². The van der Waals surface area contributed by atoms with Crippen LogP contribution in [0.4, 0.5) is 0 Å². The first kappa shape index (κ1) is 22.1. The Balaban J connectivity index is 1.50. The number of nitrogens with one attached hydrogen (secondary N) is 1. The highest BCUT2D eigenvalue weighted by atomic mass is 32.2. The predicted octanol–water partition coefficient (Wildman–Crippen LogP) is 2.27. The second kappa shape index (κ2) is 11.0. The minimum atomic E-state index is -0.0831. The second-order valence-electron chi connectivity index (χ2n) is 7.17. The van der Waals surface area contributed by atoms with Crippen LogP contribution >= 0.6 is 11.8 Å². The molecule has 1 fully saturated rings. The molecule has 0 bridgehead atoms. The highest BCUT2D eigenvalue weighted by molar-refractivity contribution is 7.99. The van der Waals surface area contributed by atoms with E-state index in [2.05, 4.69) is 15.5 Å². The Kier molecular flexibility index (Phi) is 8.12. The first-order chi connectivity index (χ1) is 14.6. The number of thioether (sulfide) groups is 1. The molecule has 0 saturated carbocycles. The quantitative estimate of drug-likeness (QED) is 0.613. The summed E-state index contributed by atoms with van der Waals surface area (Å²) in [7, 11) is 1.61. The van der Waals surface area contributed by atoms with Crippen LogP contribution in [0.3, 0.4) is 0 Å². The molecule has 1 aromatic heterocycles. The van der Waals surface area contributed by atoms with Gasteiger partial charge in [-0.1, -0.05) is 23.9 Å². The van der Waals surface area contributed by atoms with Crippen molar-refractivity contribution in [2.45, 2.75) is 50.9 Å². The van der Waals surface area contributed by atoms with Crippen molar-refractivity contribution >= 4 is 23.6 Å². The molecule has 1 N–H and O–H groups in total. The number of aromatic nitrogens is 3. The Morgan fingerprint density at radius 3 is 2.53 bits per heavy atom. The fourth-order valence-electron chi connectivity index (χ4n) is 3.40. The molecule has 3 rings (SSSR count). The summed E-state index contributed by atoms with van der Waals surface area (Å²) in [6.07, 6.45) is 3.66. The van der Waals surface area contributed by atoms with E-state index in [-0.39, 0.29) is 18.2 Å². The van der Waals surface area contributed by atoms with Gasteiger partial charge in [0.25, 0.3) is 0 Å². The molecule has 2 amide bonds. The van der Waals surface area contributed by atoms with E-state index < -0.39 is 0 Å². The average molecular weight is 432 g/mol. The van der Waals surface area contributed by atoms with Crippen LogP contribution in [0.15, 0.2) is 29.4 Å². The second-order valence-corrected chi connectivity index (χ2v) is 8.12. The van der Waals surface area contributed by atoms with Crippen molar-refractivity contribution in [3.8, 4) is 5.75 Å². The Labute approximate surface area is 181 Å². The van der Waals surface area contributed by atoms with Crippen molar-refractivity contribution < 1.29 is 14.3 Å². The van der Waals surface area contributed by atoms with Crippen molar-refractivity contribution in [1.82, 2.24) is 25.0 Å². The van der Waals surface area contributed by atoms with Gasteiger partial charge in [-0.15, -0.1) is 10.2 Å². The number of hydrogen-bond acceptors (Lipinski definition) is 6. The fraction of sp³-hybridized carbons (Fsp3) is 0.524. The van der Waals surface area contributed by atoms with Gasteiger partial charge in [-0.2, -0.15) is 0 Å². The van der Waals surface area contributed by atoms with Crippen molar-refractivity contribution in [1.29, 1.82) is 0 Å². The maximum absolute atomic E-state index is 12.4. The highest BCUT2D eigenvalue weighted by Gasteiger charge is 2.19. The Bertz CT molecular complexity index is 847. The number of likely N-dealkylation sites (tertiary alicyclic amines) is 1. The molecule has 0 aliphatic carbocycles. The fourth-order valence-corrected chi connectivity index (χ4v) is 4.33. The van der Waals surface area contributed by atoms with Gasteiger partial charge in [0, 0.05) is 19.6 Å². The third-order valence-electron chi connectivity index (χ3n) is 5.11. The number of carbonyl (C=O) groups is 2. The molecule has 2 aromatic rings. The van der Waals surface area contributed by atoms with Crippen LogP contribution in [0.25, 0.3) is 0 Å². The summed E-state index contributed by atoms with van der Waals surface area (Å²) in [6.45, 7) is 4.69. The Morgan fingerprint density at radius 2 is 1.87 bits per heavy atom. The van der Waals surface area contributed by atoms with E-state index in [4.69, 9.17) is 4.74 Å². The zero-order chi connectivity index (χ0) is 21.3. The molecule has 8 nitrogen and oxygen atoms in total. The summed E-state index contributed by atoms with van der Waals surface area (Å²) in [5.74, 6) is 1.88. The van der Waals surface area contributed by atoms with Gasteiger partial charge < -0.3 is 19.5 Å². The smallest absolute Gasteiger partial charge is 0.233 e. The summed E-state index contributed by atoms with van der Waals surface area (Å²) in [5, 5.41) is 12.1. The molecular formula is C21H29N5O3S. The molecule has 9 heteroatoms. The lowest BCUT2D eigenvalue weighted by Gasteiger charge is -2.26. The third-order valence-corrected chi connectivity index (χ3v) is 6.06. The molecule has 2 heterocycles. The van der Waals surface area contributed by atoms with E-state index >= 15 is 0 Å². The number of amides is 2. The Hall–Kier alpha value is -2.55. The lowest BCUT2D eigenvalue weighted by Crippen LogP contribution is -2.36. The third kappa shape index (κ3) is 5.98. The first-order valence-corrected chi connectivity index (χ1v) is 11.3. The summed E-state index contributed by atoms with van der Waals surface area (Å²) in [6, 6.07) is 7.43. The minimum Gasteiger partial charge on any atom is -0.497 e. The van der Waals surface area contributed by atoms with E-state index in [0.29, 0.717) is 29.8 Å². The van der Waals surface area contributed by atoms with Crippen LogP contribution in [-0.2, 0) is 29.1 Å². The maximum Gasteiger partial charge on any atom is 0.233 e. The topological polar surface area (TPSA) is 89.4 Å². The van der Waals surface area contributed by atoms with Crippen LogP contribution in [-0.4, -0.2) is 57.4 Å². The van der Waals surface area contributed by atoms with Crippen LogP contribution in [0.2, 0.25) is 0 Å². The lowest BCUT2D eigenvalue weighted by molar-refractivity contribution is -0.129. The van der Waals surface area contributed by atoms with E-state index in [0.717, 1.165) is 37.2 Å². The number of carbonyl (C=O) groups excluding carboxylic acids is 2.